The zero-order valence-corrected chi connectivity index (χ0v) is 15.4. The van der Waals surface area contributed by atoms with E-state index in [9.17, 15) is 0 Å². The summed E-state index contributed by atoms with van der Waals surface area (Å²) in [7, 11) is 1.90. The molecule has 0 spiro atoms. The van der Waals surface area contributed by atoms with Crippen molar-refractivity contribution in [3.63, 3.8) is 0 Å². The summed E-state index contributed by atoms with van der Waals surface area (Å²) in [6.45, 7) is 5.69. The molecule has 3 nitrogen and oxygen atoms in total. The van der Waals surface area contributed by atoms with E-state index in [4.69, 9.17) is 0 Å². The smallest absolute Gasteiger partial charge is 0.193 e. The summed E-state index contributed by atoms with van der Waals surface area (Å²) >= 11 is 0. The molecule has 0 bridgehead atoms. The van der Waals surface area contributed by atoms with Crippen LogP contribution < -0.4 is 5.32 Å². The lowest BCUT2D eigenvalue weighted by atomic mass is 9.97. The van der Waals surface area contributed by atoms with Crippen molar-refractivity contribution in [1.82, 2.24) is 10.2 Å². The molecular weight excluding hydrogens is 361 g/mol. The van der Waals surface area contributed by atoms with Gasteiger partial charge < -0.3 is 10.2 Å². The Morgan fingerprint density at radius 2 is 2.25 bits per heavy atom. The zero-order chi connectivity index (χ0) is 13.5. The first kappa shape index (κ1) is 17.8. The minimum Gasteiger partial charge on any atom is -0.356 e. The summed E-state index contributed by atoms with van der Waals surface area (Å²) in [5.41, 5.74) is 1.64. The van der Waals surface area contributed by atoms with Gasteiger partial charge in [-0.2, -0.15) is 0 Å². The third kappa shape index (κ3) is 5.62. The molecule has 0 radical (unpaired) electrons. The second-order valence-electron chi connectivity index (χ2n) is 6.03. The normalized spacial score (nSPS) is 23.9. The van der Waals surface area contributed by atoms with Crippen LogP contribution in [0.4, 0.5) is 0 Å². The predicted molar refractivity (Wildman–Crippen MR) is 97.9 cm³/mol. The first-order chi connectivity index (χ1) is 9.29. The van der Waals surface area contributed by atoms with Crippen molar-refractivity contribution in [2.24, 2.45) is 10.9 Å². The summed E-state index contributed by atoms with van der Waals surface area (Å²) in [6, 6.07) is 0. The molecule has 0 saturated carbocycles. The summed E-state index contributed by atoms with van der Waals surface area (Å²) in [4.78, 5) is 6.86. The van der Waals surface area contributed by atoms with Crippen molar-refractivity contribution in [2.75, 3.05) is 26.7 Å². The Bertz CT molecular complexity index is 339. The molecular formula is C16H30IN3. The third-order valence-corrected chi connectivity index (χ3v) is 4.28. The number of piperidine rings is 1. The highest BCUT2D eigenvalue weighted by molar-refractivity contribution is 14.0. The number of guanidine groups is 1. The number of hydrogen-bond acceptors (Lipinski definition) is 1. The largest absolute Gasteiger partial charge is 0.356 e. The minimum atomic E-state index is 0. The SMILES string of the molecule is CN=C(NCCC1=CCCCC1)N1CCCC(C)C1.I. The molecule has 1 atom stereocenters. The van der Waals surface area contributed by atoms with E-state index in [2.05, 4.69) is 28.2 Å². The molecule has 2 aliphatic rings. The van der Waals surface area contributed by atoms with Crippen LogP contribution >= 0.6 is 24.0 Å². The minimum absolute atomic E-state index is 0. The predicted octanol–water partition coefficient (Wildman–Crippen LogP) is 3.80. The maximum Gasteiger partial charge on any atom is 0.193 e. The Morgan fingerprint density at radius 1 is 1.40 bits per heavy atom. The Balaban J connectivity index is 0.00000200. The van der Waals surface area contributed by atoms with E-state index in [1.807, 2.05) is 7.05 Å². The van der Waals surface area contributed by atoms with E-state index in [0.717, 1.165) is 31.5 Å². The van der Waals surface area contributed by atoms with Gasteiger partial charge in [-0.25, -0.2) is 0 Å². The first-order valence-electron chi connectivity index (χ1n) is 7.93. The molecule has 0 aromatic heterocycles. The van der Waals surface area contributed by atoms with Crippen LogP contribution in [0.25, 0.3) is 0 Å². The zero-order valence-electron chi connectivity index (χ0n) is 13.0. The monoisotopic (exact) mass is 391 g/mol. The van der Waals surface area contributed by atoms with E-state index >= 15 is 0 Å². The van der Waals surface area contributed by atoms with Crippen molar-refractivity contribution >= 4 is 29.9 Å². The first-order valence-corrected chi connectivity index (χ1v) is 7.93. The Hall–Kier alpha value is -0.260. The number of hydrogen-bond donors (Lipinski definition) is 1. The van der Waals surface area contributed by atoms with Crippen LogP contribution in [0.2, 0.25) is 0 Å². The number of nitrogens with zero attached hydrogens (tertiary/aromatic N) is 2. The van der Waals surface area contributed by atoms with Gasteiger partial charge in [0.25, 0.3) is 0 Å². The van der Waals surface area contributed by atoms with Gasteiger partial charge in [-0.05, 0) is 50.9 Å². The molecule has 1 fully saturated rings. The highest BCUT2D eigenvalue weighted by Gasteiger charge is 2.18. The summed E-state index contributed by atoms with van der Waals surface area (Å²) < 4.78 is 0. The van der Waals surface area contributed by atoms with Crippen LogP contribution in [0.1, 0.15) is 51.9 Å². The Morgan fingerprint density at radius 3 is 2.90 bits per heavy atom. The lowest BCUT2D eigenvalue weighted by Gasteiger charge is -2.33. The van der Waals surface area contributed by atoms with Crippen LogP contribution in [-0.2, 0) is 0 Å². The molecule has 0 aromatic rings. The molecule has 4 heteroatoms. The number of rotatable bonds is 3. The van der Waals surface area contributed by atoms with Gasteiger partial charge in [0.1, 0.15) is 0 Å². The van der Waals surface area contributed by atoms with Crippen LogP contribution in [0, 0.1) is 5.92 Å². The lowest BCUT2D eigenvalue weighted by Crippen LogP contribution is -2.46. The highest BCUT2D eigenvalue weighted by Crippen LogP contribution is 2.19. The van der Waals surface area contributed by atoms with Crippen molar-refractivity contribution < 1.29 is 0 Å². The second kappa shape index (κ2) is 9.64. The van der Waals surface area contributed by atoms with Gasteiger partial charge >= 0.3 is 0 Å². The number of aliphatic imine (C=N–C) groups is 1. The van der Waals surface area contributed by atoms with Gasteiger partial charge in [-0.15, -0.1) is 24.0 Å². The van der Waals surface area contributed by atoms with Gasteiger partial charge in [0.2, 0.25) is 0 Å². The topological polar surface area (TPSA) is 27.6 Å². The molecule has 2 rings (SSSR count). The van der Waals surface area contributed by atoms with Crippen LogP contribution in [0.5, 0.6) is 0 Å². The van der Waals surface area contributed by atoms with Gasteiger partial charge in [0.05, 0.1) is 0 Å². The molecule has 0 amide bonds. The molecule has 116 valence electrons. The average Bonchev–Trinajstić information content (AvgIpc) is 2.45. The van der Waals surface area contributed by atoms with Crippen molar-refractivity contribution in [3.8, 4) is 0 Å². The van der Waals surface area contributed by atoms with Crippen LogP contribution in [0.3, 0.4) is 0 Å². The fourth-order valence-corrected chi connectivity index (χ4v) is 3.18. The maximum absolute atomic E-state index is 4.44. The molecule has 0 aromatic carbocycles. The molecule has 1 aliphatic carbocycles. The van der Waals surface area contributed by atoms with E-state index < -0.39 is 0 Å². The van der Waals surface area contributed by atoms with Gasteiger partial charge in [-0.3, -0.25) is 4.99 Å². The van der Waals surface area contributed by atoms with Gasteiger partial charge in [0.15, 0.2) is 5.96 Å². The van der Waals surface area contributed by atoms with E-state index in [1.54, 1.807) is 5.57 Å². The van der Waals surface area contributed by atoms with E-state index in [1.165, 1.54) is 44.9 Å². The number of halogens is 1. The fourth-order valence-electron chi connectivity index (χ4n) is 3.18. The lowest BCUT2D eigenvalue weighted by molar-refractivity contribution is 0.266. The van der Waals surface area contributed by atoms with Crippen molar-refractivity contribution in [1.29, 1.82) is 0 Å². The van der Waals surface area contributed by atoms with E-state index in [-0.39, 0.29) is 24.0 Å². The quantitative estimate of drug-likeness (QED) is 0.343. The highest BCUT2D eigenvalue weighted by atomic mass is 127. The Kier molecular flexibility index (Phi) is 8.57. The van der Waals surface area contributed by atoms with E-state index in [0.29, 0.717) is 0 Å². The standard InChI is InChI=1S/C16H29N3.HI/c1-14-7-6-12-19(13-14)16(17-2)18-11-10-15-8-4-3-5-9-15;/h8,14H,3-7,9-13H2,1-2H3,(H,17,18);1H. The number of likely N-dealkylation sites (tertiary alicyclic amines) is 1. The summed E-state index contributed by atoms with van der Waals surface area (Å²) in [5.74, 6) is 1.90. The molecule has 1 saturated heterocycles. The maximum atomic E-state index is 4.44. The van der Waals surface area contributed by atoms with Gasteiger partial charge in [-0.1, -0.05) is 18.6 Å². The molecule has 1 heterocycles. The fraction of sp³-hybridized carbons (Fsp3) is 0.812. The van der Waals surface area contributed by atoms with Gasteiger partial charge in [0, 0.05) is 26.7 Å². The summed E-state index contributed by atoms with van der Waals surface area (Å²) in [5, 5.41) is 3.54. The molecule has 1 aliphatic heterocycles. The average molecular weight is 391 g/mol. The second-order valence-corrected chi connectivity index (χ2v) is 6.03. The molecule has 1 unspecified atom stereocenters. The van der Waals surface area contributed by atoms with Crippen molar-refractivity contribution in [3.05, 3.63) is 11.6 Å². The van der Waals surface area contributed by atoms with Crippen molar-refractivity contribution in [2.45, 2.75) is 51.9 Å². The molecule has 1 N–H and O–H groups in total. The Labute approximate surface area is 141 Å². The third-order valence-electron chi connectivity index (χ3n) is 4.28. The number of allylic oxidation sites excluding steroid dienone is 1. The number of nitrogens with one attached hydrogen (secondary N) is 1. The van der Waals surface area contributed by atoms with Crippen LogP contribution in [-0.4, -0.2) is 37.5 Å². The van der Waals surface area contributed by atoms with Crippen LogP contribution in [0.15, 0.2) is 16.6 Å². The molecule has 20 heavy (non-hydrogen) atoms. The summed E-state index contributed by atoms with van der Waals surface area (Å²) in [6.07, 6.45) is 11.6.